The average molecular weight is 175 g/mol. The van der Waals surface area contributed by atoms with Gasteiger partial charge in [-0.05, 0) is 26.0 Å². The van der Waals surface area contributed by atoms with Crippen molar-refractivity contribution in [2.24, 2.45) is 0 Å². The zero-order chi connectivity index (χ0) is 9.68. The summed E-state index contributed by atoms with van der Waals surface area (Å²) >= 11 is 0. The van der Waals surface area contributed by atoms with Crippen molar-refractivity contribution in [3.8, 4) is 0 Å². The fraction of sp³-hybridized carbons (Fsp3) is 0.182. The van der Waals surface area contributed by atoms with E-state index in [4.69, 9.17) is 0 Å². The van der Waals surface area contributed by atoms with E-state index in [1.54, 1.807) is 22.9 Å². The van der Waals surface area contributed by atoms with Crippen LogP contribution in [0.3, 0.4) is 0 Å². The van der Waals surface area contributed by atoms with E-state index in [0.29, 0.717) is 0 Å². The molecule has 0 spiro atoms. The molecule has 0 aliphatic rings. The quantitative estimate of drug-likeness (QED) is 0.632. The molecule has 1 rings (SSSR count). The summed E-state index contributed by atoms with van der Waals surface area (Å²) in [6, 6.07) is 5.13. The SMILES string of the molecule is C/C=C\C(=C/C)n1ccccc1=O. The van der Waals surface area contributed by atoms with Crippen molar-refractivity contribution in [1.82, 2.24) is 4.57 Å². The lowest BCUT2D eigenvalue weighted by Crippen LogP contribution is -2.15. The standard InChI is InChI=1S/C11H13NO/c1-3-7-10(4-2)12-9-6-5-8-11(12)13/h3-9H,1-2H3/b7-3-,10-4+. The van der Waals surface area contributed by atoms with Gasteiger partial charge < -0.3 is 0 Å². The maximum Gasteiger partial charge on any atom is 0.255 e. The molecule has 0 fully saturated rings. The van der Waals surface area contributed by atoms with Gasteiger partial charge in [0.25, 0.3) is 5.56 Å². The number of pyridine rings is 1. The molecule has 68 valence electrons. The first kappa shape index (κ1) is 9.52. The Kier molecular flexibility index (Phi) is 3.26. The normalized spacial score (nSPS) is 12.3. The lowest BCUT2D eigenvalue weighted by atomic mass is 10.3. The Balaban J connectivity index is 3.21. The summed E-state index contributed by atoms with van der Waals surface area (Å²) in [5.74, 6) is 0. The minimum absolute atomic E-state index is 0.00583. The van der Waals surface area contributed by atoms with E-state index in [0.717, 1.165) is 5.70 Å². The van der Waals surface area contributed by atoms with Crippen LogP contribution >= 0.6 is 0 Å². The van der Waals surface area contributed by atoms with E-state index in [-0.39, 0.29) is 5.56 Å². The zero-order valence-corrected chi connectivity index (χ0v) is 7.90. The van der Waals surface area contributed by atoms with Crippen LogP contribution in [-0.4, -0.2) is 4.57 Å². The second kappa shape index (κ2) is 4.45. The fourth-order valence-electron chi connectivity index (χ4n) is 1.13. The van der Waals surface area contributed by atoms with Crippen molar-refractivity contribution in [2.45, 2.75) is 13.8 Å². The Morgan fingerprint density at radius 3 is 2.69 bits per heavy atom. The lowest BCUT2D eigenvalue weighted by Gasteiger charge is -2.04. The van der Waals surface area contributed by atoms with Gasteiger partial charge in [-0.2, -0.15) is 0 Å². The van der Waals surface area contributed by atoms with Crippen molar-refractivity contribution in [3.05, 3.63) is 53.0 Å². The van der Waals surface area contributed by atoms with Gasteiger partial charge in [-0.15, -0.1) is 0 Å². The van der Waals surface area contributed by atoms with Crippen LogP contribution in [0.5, 0.6) is 0 Å². The maximum absolute atomic E-state index is 11.4. The summed E-state index contributed by atoms with van der Waals surface area (Å²) < 4.78 is 1.61. The molecule has 0 amide bonds. The third-order valence-corrected chi connectivity index (χ3v) is 1.73. The van der Waals surface area contributed by atoms with Crippen molar-refractivity contribution >= 4 is 5.70 Å². The Labute approximate surface area is 77.8 Å². The molecular formula is C11H13NO. The predicted molar refractivity (Wildman–Crippen MR) is 55.5 cm³/mol. The second-order valence-electron chi connectivity index (χ2n) is 2.62. The summed E-state index contributed by atoms with van der Waals surface area (Å²) in [7, 11) is 0. The van der Waals surface area contributed by atoms with E-state index < -0.39 is 0 Å². The van der Waals surface area contributed by atoms with Gasteiger partial charge in [0.05, 0.1) is 0 Å². The highest BCUT2D eigenvalue weighted by atomic mass is 16.1. The first-order chi connectivity index (χ1) is 6.29. The third kappa shape index (κ3) is 2.18. The minimum atomic E-state index is -0.00583. The Bertz CT molecular complexity index is 385. The van der Waals surface area contributed by atoms with E-state index in [1.807, 2.05) is 38.1 Å². The summed E-state index contributed by atoms with van der Waals surface area (Å²) in [5.41, 5.74) is 0.891. The molecule has 2 nitrogen and oxygen atoms in total. The zero-order valence-electron chi connectivity index (χ0n) is 7.90. The molecule has 0 aliphatic heterocycles. The van der Waals surface area contributed by atoms with Gasteiger partial charge in [-0.3, -0.25) is 9.36 Å². The van der Waals surface area contributed by atoms with E-state index in [9.17, 15) is 4.79 Å². The monoisotopic (exact) mass is 175 g/mol. The Hall–Kier alpha value is -1.57. The van der Waals surface area contributed by atoms with Gasteiger partial charge in [-0.25, -0.2) is 0 Å². The molecule has 0 saturated carbocycles. The highest BCUT2D eigenvalue weighted by molar-refractivity contribution is 5.56. The molecule has 0 unspecified atom stereocenters. The Morgan fingerprint density at radius 1 is 1.38 bits per heavy atom. The minimum Gasteiger partial charge on any atom is -0.285 e. The van der Waals surface area contributed by atoms with Crippen molar-refractivity contribution in [2.75, 3.05) is 0 Å². The van der Waals surface area contributed by atoms with Crippen LogP contribution in [0, 0.1) is 0 Å². The molecule has 0 atom stereocenters. The second-order valence-corrected chi connectivity index (χ2v) is 2.62. The van der Waals surface area contributed by atoms with Crippen LogP contribution in [0.4, 0.5) is 0 Å². The van der Waals surface area contributed by atoms with Gasteiger partial charge in [0, 0.05) is 18.0 Å². The highest BCUT2D eigenvalue weighted by Crippen LogP contribution is 2.01. The molecule has 0 radical (unpaired) electrons. The van der Waals surface area contributed by atoms with Crippen LogP contribution < -0.4 is 5.56 Å². The first-order valence-electron chi connectivity index (χ1n) is 4.26. The number of allylic oxidation sites excluding steroid dienone is 4. The van der Waals surface area contributed by atoms with Crippen molar-refractivity contribution < 1.29 is 0 Å². The van der Waals surface area contributed by atoms with Gasteiger partial charge >= 0.3 is 0 Å². The van der Waals surface area contributed by atoms with Gasteiger partial charge in [-0.1, -0.05) is 18.2 Å². The topological polar surface area (TPSA) is 22.0 Å². The molecule has 1 heterocycles. The lowest BCUT2D eigenvalue weighted by molar-refractivity contribution is 1.02. The van der Waals surface area contributed by atoms with Crippen LogP contribution in [0.25, 0.3) is 5.70 Å². The molecule has 1 aromatic heterocycles. The van der Waals surface area contributed by atoms with E-state index >= 15 is 0 Å². The van der Waals surface area contributed by atoms with Crippen LogP contribution in [0.1, 0.15) is 13.8 Å². The maximum atomic E-state index is 11.4. The summed E-state index contributed by atoms with van der Waals surface area (Å²) in [5, 5.41) is 0. The summed E-state index contributed by atoms with van der Waals surface area (Å²) in [6.45, 7) is 3.84. The molecule has 0 aliphatic carbocycles. The fourth-order valence-corrected chi connectivity index (χ4v) is 1.13. The predicted octanol–water partition coefficient (Wildman–Crippen LogP) is 2.29. The summed E-state index contributed by atoms with van der Waals surface area (Å²) in [4.78, 5) is 11.4. The largest absolute Gasteiger partial charge is 0.285 e. The number of rotatable bonds is 2. The molecule has 0 aromatic carbocycles. The van der Waals surface area contributed by atoms with Crippen molar-refractivity contribution in [1.29, 1.82) is 0 Å². The van der Waals surface area contributed by atoms with Gasteiger partial charge in [0.1, 0.15) is 0 Å². The number of hydrogen-bond acceptors (Lipinski definition) is 1. The third-order valence-electron chi connectivity index (χ3n) is 1.73. The van der Waals surface area contributed by atoms with Crippen LogP contribution in [-0.2, 0) is 0 Å². The smallest absolute Gasteiger partial charge is 0.255 e. The molecular weight excluding hydrogens is 162 g/mol. The number of aromatic nitrogens is 1. The van der Waals surface area contributed by atoms with Crippen molar-refractivity contribution in [3.63, 3.8) is 0 Å². The highest BCUT2D eigenvalue weighted by Gasteiger charge is 1.95. The van der Waals surface area contributed by atoms with E-state index in [2.05, 4.69) is 0 Å². The molecule has 13 heavy (non-hydrogen) atoms. The molecule has 1 aromatic rings. The van der Waals surface area contributed by atoms with E-state index in [1.165, 1.54) is 0 Å². The first-order valence-corrected chi connectivity index (χ1v) is 4.26. The molecule has 0 saturated heterocycles. The summed E-state index contributed by atoms with van der Waals surface area (Å²) in [6.07, 6.45) is 7.48. The molecule has 2 heteroatoms. The van der Waals surface area contributed by atoms with Crippen LogP contribution in [0.2, 0.25) is 0 Å². The molecule has 0 N–H and O–H groups in total. The average Bonchev–Trinajstić information content (AvgIpc) is 2.16. The van der Waals surface area contributed by atoms with Gasteiger partial charge in [0.2, 0.25) is 0 Å². The molecule has 0 bridgehead atoms. The van der Waals surface area contributed by atoms with Crippen LogP contribution in [0.15, 0.2) is 47.4 Å². The Morgan fingerprint density at radius 2 is 2.15 bits per heavy atom. The number of hydrogen-bond donors (Lipinski definition) is 0. The van der Waals surface area contributed by atoms with Gasteiger partial charge in [0.15, 0.2) is 0 Å². The number of nitrogens with zero attached hydrogens (tertiary/aromatic N) is 1.